The van der Waals surface area contributed by atoms with Crippen LogP contribution in [0.5, 0.6) is 0 Å². The first-order chi connectivity index (χ1) is 8.08. The Morgan fingerprint density at radius 2 is 2.18 bits per heavy atom. The van der Waals surface area contributed by atoms with Gasteiger partial charge < -0.3 is 9.73 Å². The lowest BCUT2D eigenvalue weighted by atomic mass is 9.84. The predicted molar refractivity (Wildman–Crippen MR) is 72.5 cm³/mol. The monoisotopic (exact) mass is 321 g/mol. The summed E-state index contributed by atoms with van der Waals surface area (Å²) >= 11 is 9.17. The normalized spacial score (nSPS) is 11.5. The number of alkyl halides is 1. The molecule has 1 aromatic rings. The van der Waals surface area contributed by atoms with Gasteiger partial charge in [-0.2, -0.15) is 0 Å². The number of nitrogens with one attached hydrogen (secondary N) is 1. The van der Waals surface area contributed by atoms with Crippen LogP contribution in [0, 0.1) is 5.41 Å². The van der Waals surface area contributed by atoms with Gasteiger partial charge in [-0.15, -0.1) is 11.6 Å². The molecule has 96 valence electrons. The Balaban J connectivity index is 2.62. The van der Waals surface area contributed by atoms with Crippen LogP contribution in [0.3, 0.4) is 0 Å². The molecule has 5 heteroatoms. The Bertz CT molecular complexity index is 366. The molecule has 0 bridgehead atoms. The van der Waals surface area contributed by atoms with Crippen LogP contribution in [-0.4, -0.2) is 18.3 Å². The highest BCUT2D eigenvalue weighted by Gasteiger charge is 2.26. The van der Waals surface area contributed by atoms with Crippen molar-refractivity contribution < 1.29 is 9.21 Å². The average molecular weight is 323 g/mol. The van der Waals surface area contributed by atoms with Crippen LogP contribution in [0.15, 0.2) is 21.4 Å². The summed E-state index contributed by atoms with van der Waals surface area (Å²) in [5, 5.41) is 2.91. The minimum Gasteiger partial charge on any atom is -0.457 e. The Hall–Kier alpha value is -0.480. The molecule has 0 aliphatic carbocycles. The van der Waals surface area contributed by atoms with Crippen molar-refractivity contribution in [3.05, 3.63) is 22.6 Å². The third-order valence-corrected chi connectivity index (χ3v) is 4.45. The molecular formula is C12H17BrClNO2. The fraction of sp³-hybridized carbons (Fsp3) is 0.583. The molecule has 1 aromatic heterocycles. The van der Waals surface area contributed by atoms with E-state index in [0.29, 0.717) is 22.7 Å². The molecule has 3 nitrogen and oxygen atoms in total. The minimum absolute atomic E-state index is 0.0204. The van der Waals surface area contributed by atoms with Gasteiger partial charge in [0.2, 0.25) is 0 Å². The van der Waals surface area contributed by atoms with E-state index < -0.39 is 0 Å². The zero-order chi connectivity index (χ0) is 12.9. The summed E-state index contributed by atoms with van der Waals surface area (Å²) < 4.78 is 5.48. The zero-order valence-electron chi connectivity index (χ0n) is 10.1. The average Bonchev–Trinajstić information content (AvgIpc) is 2.78. The number of carbonyl (C=O) groups is 1. The van der Waals surface area contributed by atoms with Gasteiger partial charge in [0.05, 0.1) is 11.8 Å². The summed E-state index contributed by atoms with van der Waals surface area (Å²) in [4.78, 5) is 11.9. The highest BCUT2D eigenvalue weighted by molar-refractivity contribution is 9.10. The molecule has 0 fully saturated rings. The van der Waals surface area contributed by atoms with Crippen LogP contribution in [0.1, 0.15) is 37.0 Å². The standard InChI is InChI=1S/C12H17BrClNO2/c1-3-12(4-2,7-14)8-15-11(16)9-5-6-17-10(9)13/h5-6H,3-4,7-8H2,1-2H3,(H,15,16). The van der Waals surface area contributed by atoms with Gasteiger partial charge in [0.1, 0.15) is 0 Å². The van der Waals surface area contributed by atoms with Crippen molar-refractivity contribution in [2.45, 2.75) is 26.7 Å². The van der Waals surface area contributed by atoms with Gasteiger partial charge in [0, 0.05) is 17.8 Å². The summed E-state index contributed by atoms with van der Waals surface area (Å²) in [7, 11) is 0. The molecule has 1 rings (SSSR count). The van der Waals surface area contributed by atoms with Crippen molar-refractivity contribution >= 4 is 33.4 Å². The lowest BCUT2D eigenvalue weighted by Crippen LogP contribution is -2.38. The first-order valence-corrected chi connectivity index (χ1v) is 6.98. The van der Waals surface area contributed by atoms with Gasteiger partial charge >= 0.3 is 0 Å². The van der Waals surface area contributed by atoms with Crippen LogP contribution in [0.2, 0.25) is 0 Å². The van der Waals surface area contributed by atoms with E-state index in [2.05, 4.69) is 35.1 Å². The second kappa shape index (κ2) is 6.45. The number of furan rings is 1. The number of halogens is 2. The lowest BCUT2D eigenvalue weighted by Gasteiger charge is -2.29. The van der Waals surface area contributed by atoms with Gasteiger partial charge in [-0.3, -0.25) is 4.79 Å². The van der Waals surface area contributed by atoms with E-state index in [1.54, 1.807) is 6.07 Å². The molecule has 0 aliphatic rings. The summed E-state index contributed by atoms with van der Waals surface area (Å²) in [5.74, 6) is 0.411. The zero-order valence-corrected chi connectivity index (χ0v) is 12.4. The van der Waals surface area contributed by atoms with Crippen LogP contribution in [-0.2, 0) is 0 Å². The van der Waals surface area contributed by atoms with E-state index in [4.69, 9.17) is 16.0 Å². The Labute approximate surface area is 115 Å². The molecule has 0 saturated heterocycles. The van der Waals surface area contributed by atoms with E-state index in [0.717, 1.165) is 12.8 Å². The molecule has 0 aliphatic heterocycles. The van der Waals surface area contributed by atoms with Crippen molar-refractivity contribution in [2.75, 3.05) is 12.4 Å². The van der Waals surface area contributed by atoms with E-state index >= 15 is 0 Å². The maximum absolute atomic E-state index is 11.9. The maximum atomic E-state index is 11.9. The van der Waals surface area contributed by atoms with Crippen LogP contribution >= 0.6 is 27.5 Å². The topological polar surface area (TPSA) is 42.2 Å². The van der Waals surface area contributed by atoms with Gasteiger partial charge in [-0.1, -0.05) is 13.8 Å². The van der Waals surface area contributed by atoms with Gasteiger partial charge in [0.25, 0.3) is 5.91 Å². The Morgan fingerprint density at radius 1 is 1.53 bits per heavy atom. The van der Waals surface area contributed by atoms with Crippen LogP contribution in [0.25, 0.3) is 0 Å². The number of hydrogen-bond donors (Lipinski definition) is 1. The molecule has 0 spiro atoms. The summed E-state index contributed by atoms with van der Waals surface area (Å²) in [6.45, 7) is 4.76. The van der Waals surface area contributed by atoms with Gasteiger partial charge in [-0.25, -0.2) is 0 Å². The highest BCUT2D eigenvalue weighted by Crippen LogP contribution is 2.27. The molecule has 0 atom stereocenters. The molecular weight excluding hydrogens is 305 g/mol. The first kappa shape index (κ1) is 14.6. The maximum Gasteiger partial charge on any atom is 0.255 e. The molecule has 0 saturated carbocycles. The number of hydrogen-bond acceptors (Lipinski definition) is 2. The van der Waals surface area contributed by atoms with Crippen molar-refractivity contribution in [2.24, 2.45) is 5.41 Å². The van der Waals surface area contributed by atoms with E-state index in [9.17, 15) is 4.79 Å². The fourth-order valence-electron chi connectivity index (χ4n) is 1.55. The van der Waals surface area contributed by atoms with Crippen molar-refractivity contribution in [3.63, 3.8) is 0 Å². The molecule has 0 unspecified atom stereocenters. The summed E-state index contributed by atoms with van der Waals surface area (Å²) in [6.07, 6.45) is 3.37. The molecule has 0 radical (unpaired) electrons. The molecule has 1 N–H and O–H groups in total. The Kier molecular flexibility index (Phi) is 5.53. The third-order valence-electron chi connectivity index (χ3n) is 3.27. The number of carbonyl (C=O) groups excluding carboxylic acids is 1. The third kappa shape index (κ3) is 3.49. The van der Waals surface area contributed by atoms with Crippen molar-refractivity contribution in [1.29, 1.82) is 0 Å². The van der Waals surface area contributed by atoms with Crippen LogP contribution < -0.4 is 5.32 Å². The highest BCUT2D eigenvalue weighted by atomic mass is 79.9. The van der Waals surface area contributed by atoms with E-state index in [-0.39, 0.29) is 11.3 Å². The molecule has 1 heterocycles. The predicted octanol–water partition coefficient (Wildman–Crippen LogP) is 3.82. The quantitative estimate of drug-likeness (QED) is 0.809. The molecule has 17 heavy (non-hydrogen) atoms. The number of rotatable bonds is 6. The molecule has 0 aromatic carbocycles. The minimum atomic E-state index is -0.137. The van der Waals surface area contributed by atoms with Gasteiger partial charge in [-0.05, 0) is 34.8 Å². The van der Waals surface area contributed by atoms with E-state index in [1.165, 1.54) is 6.26 Å². The van der Waals surface area contributed by atoms with Gasteiger partial charge in [0.15, 0.2) is 4.67 Å². The summed E-state index contributed by atoms with van der Waals surface area (Å²) in [5.41, 5.74) is 0.494. The van der Waals surface area contributed by atoms with E-state index in [1.807, 2.05) is 0 Å². The lowest BCUT2D eigenvalue weighted by molar-refractivity contribution is 0.0930. The summed E-state index contributed by atoms with van der Waals surface area (Å²) in [6, 6.07) is 1.64. The second-order valence-electron chi connectivity index (χ2n) is 4.13. The molecule has 1 amide bonds. The second-order valence-corrected chi connectivity index (χ2v) is 5.12. The Morgan fingerprint density at radius 3 is 2.59 bits per heavy atom. The van der Waals surface area contributed by atoms with Crippen molar-refractivity contribution in [1.82, 2.24) is 5.32 Å². The number of amides is 1. The largest absolute Gasteiger partial charge is 0.457 e. The fourth-order valence-corrected chi connectivity index (χ4v) is 2.45. The van der Waals surface area contributed by atoms with Crippen LogP contribution in [0.4, 0.5) is 0 Å². The smallest absolute Gasteiger partial charge is 0.255 e. The first-order valence-electron chi connectivity index (χ1n) is 5.65. The van der Waals surface area contributed by atoms with Crippen molar-refractivity contribution in [3.8, 4) is 0 Å². The SMILES string of the molecule is CCC(CC)(CCl)CNC(=O)c1ccoc1Br.